The first kappa shape index (κ1) is 11.6. The minimum absolute atomic E-state index is 0.233. The Labute approximate surface area is 95.5 Å². The predicted molar refractivity (Wildman–Crippen MR) is 61.4 cm³/mol. The van der Waals surface area contributed by atoms with E-state index in [1.807, 2.05) is 0 Å². The molecule has 2 rings (SSSR count). The first-order valence-corrected chi connectivity index (χ1v) is 5.91. The van der Waals surface area contributed by atoms with E-state index in [1.165, 1.54) is 31.7 Å². The van der Waals surface area contributed by atoms with Gasteiger partial charge in [-0.05, 0) is 30.5 Å². The van der Waals surface area contributed by atoms with Crippen LogP contribution in [-0.2, 0) is 13.2 Å². The van der Waals surface area contributed by atoms with Crippen molar-refractivity contribution in [1.29, 1.82) is 0 Å². The van der Waals surface area contributed by atoms with Crippen LogP contribution in [-0.4, -0.2) is 11.1 Å². The van der Waals surface area contributed by atoms with Crippen LogP contribution in [0, 0.1) is 5.82 Å². The largest absolute Gasteiger partial charge is 0.392 e. The summed E-state index contributed by atoms with van der Waals surface area (Å²) in [5.41, 5.74) is 1.42. The number of hydrogen-bond donors (Lipinski definition) is 2. The van der Waals surface area contributed by atoms with Gasteiger partial charge in [-0.3, -0.25) is 0 Å². The molecule has 0 unspecified atom stereocenters. The lowest BCUT2D eigenvalue weighted by Gasteiger charge is -2.12. The molecule has 1 aromatic rings. The Morgan fingerprint density at radius 2 is 2.06 bits per heavy atom. The Kier molecular flexibility index (Phi) is 3.91. The minimum atomic E-state index is -0.327. The molecule has 1 aromatic carbocycles. The third-order valence-electron chi connectivity index (χ3n) is 3.23. The molecule has 88 valence electrons. The van der Waals surface area contributed by atoms with E-state index in [0.29, 0.717) is 11.6 Å². The second-order valence-corrected chi connectivity index (χ2v) is 4.45. The molecule has 16 heavy (non-hydrogen) atoms. The van der Waals surface area contributed by atoms with E-state index in [9.17, 15) is 4.39 Å². The lowest BCUT2D eigenvalue weighted by Crippen LogP contribution is -2.25. The van der Waals surface area contributed by atoms with E-state index >= 15 is 0 Å². The predicted octanol–water partition coefficient (Wildman–Crippen LogP) is 2.35. The first-order chi connectivity index (χ1) is 7.79. The van der Waals surface area contributed by atoms with Crippen molar-refractivity contribution in [2.75, 3.05) is 0 Å². The van der Waals surface area contributed by atoms with E-state index in [4.69, 9.17) is 5.11 Å². The van der Waals surface area contributed by atoms with Gasteiger partial charge in [0.15, 0.2) is 0 Å². The quantitative estimate of drug-likeness (QED) is 0.821. The summed E-state index contributed by atoms with van der Waals surface area (Å²) in [6, 6.07) is 5.55. The molecule has 2 N–H and O–H groups in total. The smallest absolute Gasteiger partial charge is 0.128 e. The molecular formula is C13H18FNO. The average Bonchev–Trinajstić information content (AvgIpc) is 2.81. The zero-order valence-electron chi connectivity index (χ0n) is 9.38. The Morgan fingerprint density at radius 3 is 2.75 bits per heavy atom. The van der Waals surface area contributed by atoms with Crippen molar-refractivity contribution in [2.24, 2.45) is 0 Å². The third kappa shape index (κ3) is 2.80. The standard InChI is InChI=1S/C13H18FNO/c14-13-6-5-10(7-11(13)9-16)8-15-12-3-1-2-4-12/h5-7,12,15-16H,1-4,8-9H2. The van der Waals surface area contributed by atoms with Gasteiger partial charge in [-0.15, -0.1) is 0 Å². The van der Waals surface area contributed by atoms with Gasteiger partial charge < -0.3 is 10.4 Å². The van der Waals surface area contributed by atoms with Gasteiger partial charge in [-0.1, -0.05) is 18.9 Å². The summed E-state index contributed by atoms with van der Waals surface area (Å²) in [4.78, 5) is 0. The molecule has 0 saturated heterocycles. The Balaban J connectivity index is 1.93. The molecule has 3 heteroatoms. The molecule has 0 aromatic heterocycles. The maximum absolute atomic E-state index is 13.1. The van der Waals surface area contributed by atoms with Crippen molar-refractivity contribution >= 4 is 0 Å². The second-order valence-electron chi connectivity index (χ2n) is 4.45. The molecule has 1 saturated carbocycles. The number of nitrogens with one attached hydrogen (secondary N) is 1. The second kappa shape index (κ2) is 5.41. The lowest BCUT2D eigenvalue weighted by molar-refractivity contribution is 0.275. The van der Waals surface area contributed by atoms with Gasteiger partial charge >= 0.3 is 0 Å². The van der Waals surface area contributed by atoms with E-state index in [0.717, 1.165) is 12.1 Å². The molecule has 1 aliphatic rings. The van der Waals surface area contributed by atoms with Gasteiger partial charge in [0.05, 0.1) is 6.61 Å². The first-order valence-electron chi connectivity index (χ1n) is 5.91. The zero-order chi connectivity index (χ0) is 11.4. The highest BCUT2D eigenvalue weighted by molar-refractivity contribution is 5.24. The van der Waals surface area contributed by atoms with Crippen LogP contribution in [0.4, 0.5) is 4.39 Å². The molecule has 0 atom stereocenters. The summed E-state index contributed by atoms with van der Waals surface area (Å²) >= 11 is 0. The van der Waals surface area contributed by atoms with Crippen molar-refractivity contribution in [3.8, 4) is 0 Å². The molecule has 0 spiro atoms. The highest BCUT2D eigenvalue weighted by Gasteiger charge is 2.13. The number of aliphatic hydroxyl groups excluding tert-OH is 1. The van der Waals surface area contributed by atoms with Crippen LogP contribution in [0.2, 0.25) is 0 Å². The fourth-order valence-corrected chi connectivity index (χ4v) is 2.25. The van der Waals surface area contributed by atoms with Crippen LogP contribution in [0.3, 0.4) is 0 Å². The molecule has 1 aliphatic carbocycles. The molecule has 2 nitrogen and oxygen atoms in total. The number of rotatable bonds is 4. The molecule has 0 heterocycles. The van der Waals surface area contributed by atoms with Gasteiger partial charge in [-0.2, -0.15) is 0 Å². The molecule has 1 fully saturated rings. The fourth-order valence-electron chi connectivity index (χ4n) is 2.25. The molecule has 0 bridgehead atoms. The lowest BCUT2D eigenvalue weighted by atomic mass is 10.1. The van der Waals surface area contributed by atoms with Crippen LogP contribution >= 0.6 is 0 Å². The van der Waals surface area contributed by atoms with Crippen molar-refractivity contribution in [3.63, 3.8) is 0 Å². The topological polar surface area (TPSA) is 32.3 Å². The van der Waals surface area contributed by atoms with Crippen molar-refractivity contribution in [1.82, 2.24) is 5.32 Å². The maximum atomic E-state index is 13.1. The fraction of sp³-hybridized carbons (Fsp3) is 0.538. The molecule has 0 amide bonds. The van der Waals surface area contributed by atoms with Crippen LogP contribution in [0.25, 0.3) is 0 Å². The summed E-state index contributed by atoms with van der Waals surface area (Å²) in [5, 5.41) is 12.4. The Morgan fingerprint density at radius 1 is 1.31 bits per heavy atom. The van der Waals surface area contributed by atoms with Crippen LogP contribution < -0.4 is 5.32 Å². The highest BCUT2D eigenvalue weighted by atomic mass is 19.1. The van der Waals surface area contributed by atoms with E-state index in [1.54, 1.807) is 12.1 Å². The monoisotopic (exact) mass is 223 g/mol. The highest BCUT2D eigenvalue weighted by Crippen LogP contribution is 2.18. The van der Waals surface area contributed by atoms with Gasteiger partial charge in [0.2, 0.25) is 0 Å². The SMILES string of the molecule is OCc1cc(CNC2CCCC2)ccc1F. The number of hydrogen-bond acceptors (Lipinski definition) is 2. The maximum Gasteiger partial charge on any atom is 0.128 e. The summed E-state index contributed by atoms with van der Waals surface area (Å²) in [6.45, 7) is 0.529. The summed E-state index contributed by atoms with van der Waals surface area (Å²) < 4.78 is 13.1. The molecular weight excluding hydrogens is 205 g/mol. The number of aliphatic hydroxyl groups is 1. The summed E-state index contributed by atoms with van der Waals surface area (Å²) in [7, 11) is 0. The third-order valence-corrected chi connectivity index (χ3v) is 3.23. The van der Waals surface area contributed by atoms with Gasteiger partial charge in [0.25, 0.3) is 0 Å². The van der Waals surface area contributed by atoms with Crippen LogP contribution in [0.1, 0.15) is 36.8 Å². The Hall–Kier alpha value is -0.930. The minimum Gasteiger partial charge on any atom is -0.392 e. The van der Waals surface area contributed by atoms with Crippen molar-refractivity contribution in [3.05, 3.63) is 35.1 Å². The van der Waals surface area contributed by atoms with Gasteiger partial charge in [0, 0.05) is 18.2 Å². The van der Waals surface area contributed by atoms with E-state index in [2.05, 4.69) is 5.32 Å². The normalized spacial score (nSPS) is 16.9. The van der Waals surface area contributed by atoms with Crippen LogP contribution in [0.5, 0.6) is 0 Å². The van der Waals surface area contributed by atoms with E-state index in [-0.39, 0.29) is 12.4 Å². The van der Waals surface area contributed by atoms with Crippen molar-refractivity contribution in [2.45, 2.75) is 44.9 Å². The molecule has 0 aliphatic heterocycles. The molecule has 0 radical (unpaired) electrons. The zero-order valence-corrected chi connectivity index (χ0v) is 9.38. The summed E-state index contributed by atoms with van der Waals surface area (Å²) in [5.74, 6) is -0.327. The average molecular weight is 223 g/mol. The summed E-state index contributed by atoms with van der Waals surface area (Å²) in [6.07, 6.45) is 5.11. The number of benzene rings is 1. The van der Waals surface area contributed by atoms with E-state index < -0.39 is 0 Å². The van der Waals surface area contributed by atoms with Crippen LogP contribution in [0.15, 0.2) is 18.2 Å². The van der Waals surface area contributed by atoms with Crippen molar-refractivity contribution < 1.29 is 9.50 Å². The number of halogens is 1. The van der Waals surface area contributed by atoms with Gasteiger partial charge in [0.1, 0.15) is 5.82 Å². The van der Waals surface area contributed by atoms with Gasteiger partial charge in [-0.25, -0.2) is 4.39 Å². The Bertz CT molecular complexity index is 348.